The van der Waals surface area contributed by atoms with Crippen molar-refractivity contribution in [2.24, 2.45) is 0 Å². The van der Waals surface area contributed by atoms with Crippen LogP contribution in [0.15, 0.2) is 60.8 Å². The van der Waals surface area contributed by atoms with E-state index in [2.05, 4.69) is 63.4 Å². The summed E-state index contributed by atoms with van der Waals surface area (Å²) < 4.78 is 0. The number of hydrogen-bond acceptors (Lipinski definition) is 7. The lowest BCUT2D eigenvalue weighted by Crippen LogP contribution is -2.46. The molecule has 4 aromatic rings. The molecule has 2 aromatic carbocycles. The summed E-state index contributed by atoms with van der Waals surface area (Å²) in [4.78, 5) is 17.3. The zero-order valence-electron chi connectivity index (χ0n) is 20.7. The van der Waals surface area contributed by atoms with Gasteiger partial charge in [-0.05, 0) is 67.3 Å². The van der Waals surface area contributed by atoms with Crippen molar-refractivity contribution in [3.63, 3.8) is 0 Å². The zero-order chi connectivity index (χ0) is 24.5. The first-order valence-corrected chi connectivity index (χ1v) is 13.7. The van der Waals surface area contributed by atoms with Gasteiger partial charge in [0, 0.05) is 53.4 Å². The molecule has 36 heavy (non-hydrogen) atoms. The van der Waals surface area contributed by atoms with Crippen molar-refractivity contribution >= 4 is 34.3 Å². The Morgan fingerprint density at radius 1 is 1.00 bits per heavy atom. The van der Waals surface area contributed by atoms with E-state index in [4.69, 9.17) is 10.7 Å². The van der Waals surface area contributed by atoms with Gasteiger partial charge in [0.2, 0.25) is 5.95 Å². The molecule has 2 aromatic heterocycles. The molecule has 0 bridgehead atoms. The van der Waals surface area contributed by atoms with Crippen molar-refractivity contribution in [2.45, 2.75) is 26.2 Å². The fourth-order valence-electron chi connectivity index (χ4n) is 5.40. The van der Waals surface area contributed by atoms with Crippen LogP contribution in [0.5, 0.6) is 0 Å². The van der Waals surface area contributed by atoms with Crippen LogP contribution in [0, 0.1) is 0 Å². The quantitative estimate of drug-likeness (QED) is 0.327. The average Bonchev–Trinajstić information content (AvgIpc) is 3.51. The Morgan fingerprint density at radius 3 is 2.69 bits per heavy atom. The minimum atomic E-state index is 0.628. The second-order valence-corrected chi connectivity index (χ2v) is 10.6. The second-order valence-electron chi connectivity index (χ2n) is 9.52. The smallest absolute Gasteiger partial charge is 0.227 e. The number of aryl methyl sites for hydroxylation is 1. The van der Waals surface area contributed by atoms with E-state index >= 15 is 0 Å². The molecular formula is C29H32N6S. The Balaban J connectivity index is 1.33. The number of nitrogens with two attached hydrogens (primary N) is 1. The SMILES string of the molecule is CCN1CCN(c2ccccc2Nc2nccc(-c3c(-c4cccc(N)c4)sc4c3CCC4)n2)CC1. The Hall–Kier alpha value is -3.42. The van der Waals surface area contributed by atoms with Crippen LogP contribution in [0.1, 0.15) is 23.8 Å². The molecule has 0 atom stereocenters. The van der Waals surface area contributed by atoms with Gasteiger partial charge < -0.3 is 20.9 Å². The molecule has 0 unspecified atom stereocenters. The summed E-state index contributed by atoms with van der Waals surface area (Å²) in [6, 6.07) is 18.7. The molecule has 3 N–H and O–H groups in total. The number of para-hydroxylation sites is 2. The number of fused-ring (bicyclic) bond motifs is 1. The summed E-state index contributed by atoms with van der Waals surface area (Å²) in [6.45, 7) is 7.57. The highest BCUT2D eigenvalue weighted by atomic mass is 32.1. The number of aromatic nitrogens is 2. The van der Waals surface area contributed by atoms with E-state index in [1.165, 1.54) is 33.0 Å². The molecule has 6 rings (SSSR count). The van der Waals surface area contributed by atoms with Gasteiger partial charge in [-0.2, -0.15) is 0 Å². The van der Waals surface area contributed by atoms with Crippen molar-refractivity contribution in [2.75, 3.05) is 48.7 Å². The van der Waals surface area contributed by atoms with Gasteiger partial charge in [-0.25, -0.2) is 9.97 Å². The topological polar surface area (TPSA) is 70.3 Å². The summed E-state index contributed by atoms with van der Waals surface area (Å²) in [6.07, 6.45) is 5.32. The maximum absolute atomic E-state index is 6.14. The number of likely N-dealkylation sites (N-methyl/N-ethyl adjacent to an activating group) is 1. The van der Waals surface area contributed by atoms with Gasteiger partial charge >= 0.3 is 0 Å². The number of rotatable bonds is 6. The number of nitrogens with zero attached hydrogens (tertiary/aromatic N) is 4. The van der Waals surface area contributed by atoms with Gasteiger partial charge in [0.15, 0.2) is 0 Å². The highest BCUT2D eigenvalue weighted by Gasteiger charge is 2.25. The molecule has 184 valence electrons. The molecule has 7 heteroatoms. The molecular weight excluding hydrogens is 464 g/mol. The highest BCUT2D eigenvalue weighted by Crippen LogP contribution is 2.46. The number of piperazine rings is 1. The Kier molecular flexibility index (Phi) is 6.34. The molecule has 1 aliphatic carbocycles. The number of nitrogens with one attached hydrogen (secondary N) is 1. The number of benzene rings is 2. The van der Waals surface area contributed by atoms with Crippen molar-refractivity contribution in [3.8, 4) is 21.7 Å². The van der Waals surface area contributed by atoms with E-state index in [0.29, 0.717) is 5.95 Å². The third-order valence-electron chi connectivity index (χ3n) is 7.29. The normalized spacial score (nSPS) is 15.8. The fraction of sp³-hybridized carbons (Fsp3) is 0.310. The standard InChI is InChI=1S/C29H32N6S/c1-2-34-15-17-35(18-16-34)25-11-4-3-10-23(25)32-29-31-14-13-24(33-29)27-22-9-6-12-26(22)36-28(27)20-7-5-8-21(30)19-20/h3-5,7-8,10-11,13-14,19H,2,6,9,12,15-18,30H2,1H3,(H,31,32,33). The number of nitrogen functional groups attached to an aromatic ring is 1. The first-order valence-electron chi connectivity index (χ1n) is 12.9. The van der Waals surface area contributed by atoms with Gasteiger partial charge in [-0.1, -0.05) is 31.2 Å². The van der Waals surface area contributed by atoms with Crippen LogP contribution in [0.3, 0.4) is 0 Å². The van der Waals surface area contributed by atoms with E-state index < -0.39 is 0 Å². The maximum Gasteiger partial charge on any atom is 0.227 e. The average molecular weight is 497 g/mol. The van der Waals surface area contributed by atoms with Crippen LogP contribution in [-0.4, -0.2) is 47.6 Å². The van der Waals surface area contributed by atoms with Crippen LogP contribution in [-0.2, 0) is 12.8 Å². The minimum Gasteiger partial charge on any atom is -0.399 e. The third-order valence-corrected chi connectivity index (χ3v) is 8.63. The largest absolute Gasteiger partial charge is 0.399 e. The van der Waals surface area contributed by atoms with Crippen LogP contribution in [0.2, 0.25) is 0 Å². The first kappa shape index (κ1) is 23.0. The maximum atomic E-state index is 6.14. The summed E-state index contributed by atoms with van der Waals surface area (Å²) in [7, 11) is 0. The molecule has 0 saturated carbocycles. The molecule has 1 saturated heterocycles. The highest BCUT2D eigenvalue weighted by molar-refractivity contribution is 7.16. The lowest BCUT2D eigenvalue weighted by molar-refractivity contribution is 0.271. The number of anilines is 4. The molecule has 0 spiro atoms. The van der Waals surface area contributed by atoms with Gasteiger partial charge in [-0.3, -0.25) is 0 Å². The molecule has 2 aliphatic rings. The first-order chi connectivity index (χ1) is 17.7. The molecule has 0 amide bonds. The second kappa shape index (κ2) is 9.91. The van der Waals surface area contributed by atoms with E-state index in [0.717, 1.165) is 68.2 Å². The van der Waals surface area contributed by atoms with E-state index in [1.54, 1.807) is 0 Å². The lowest BCUT2D eigenvalue weighted by Gasteiger charge is -2.36. The van der Waals surface area contributed by atoms with Gasteiger partial charge in [0.1, 0.15) is 0 Å². The molecule has 1 fully saturated rings. The Labute approximate surface area is 216 Å². The van der Waals surface area contributed by atoms with Crippen molar-refractivity contribution in [1.82, 2.24) is 14.9 Å². The molecule has 0 radical (unpaired) electrons. The Morgan fingerprint density at radius 2 is 1.86 bits per heavy atom. The number of thiophene rings is 1. The minimum absolute atomic E-state index is 0.628. The summed E-state index contributed by atoms with van der Waals surface area (Å²) in [5, 5.41) is 3.54. The molecule has 6 nitrogen and oxygen atoms in total. The number of hydrogen-bond donors (Lipinski definition) is 2. The predicted octanol–water partition coefficient (Wildman–Crippen LogP) is 5.83. The van der Waals surface area contributed by atoms with Gasteiger partial charge in [-0.15, -0.1) is 11.3 Å². The monoisotopic (exact) mass is 496 g/mol. The Bertz CT molecular complexity index is 1370. The van der Waals surface area contributed by atoms with Crippen molar-refractivity contribution < 1.29 is 0 Å². The van der Waals surface area contributed by atoms with Crippen molar-refractivity contribution in [1.29, 1.82) is 0 Å². The van der Waals surface area contributed by atoms with E-state index in [9.17, 15) is 0 Å². The molecule has 1 aliphatic heterocycles. The zero-order valence-corrected chi connectivity index (χ0v) is 21.5. The van der Waals surface area contributed by atoms with Crippen LogP contribution >= 0.6 is 11.3 Å². The van der Waals surface area contributed by atoms with E-state index in [1.807, 2.05) is 35.7 Å². The summed E-state index contributed by atoms with van der Waals surface area (Å²) >= 11 is 1.89. The van der Waals surface area contributed by atoms with Crippen LogP contribution in [0.25, 0.3) is 21.7 Å². The predicted molar refractivity (Wildman–Crippen MR) is 151 cm³/mol. The van der Waals surface area contributed by atoms with Gasteiger partial charge in [0.05, 0.1) is 17.1 Å². The summed E-state index contributed by atoms with van der Waals surface area (Å²) in [5.74, 6) is 0.628. The van der Waals surface area contributed by atoms with Crippen LogP contribution in [0.4, 0.5) is 23.0 Å². The van der Waals surface area contributed by atoms with Crippen molar-refractivity contribution in [3.05, 3.63) is 71.2 Å². The molecule has 3 heterocycles. The van der Waals surface area contributed by atoms with Gasteiger partial charge in [0.25, 0.3) is 0 Å². The fourth-order valence-corrected chi connectivity index (χ4v) is 6.79. The lowest BCUT2D eigenvalue weighted by atomic mass is 10.0. The third kappa shape index (κ3) is 4.45. The van der Waals surface area contributed by atoms with Crippen LogP contribution < -0.4 is 16.0 Å². The van der Waals surface area contributed by atoms with E-state index in [-0.39, 0.29) is 0 Å². The summed E-state index contributed by atoms with van der Waals surface area (Å²) in [5.41, 5.74) is 14.0.